The third-order valence-corrected chi connectivity index (χ3v) is 4.70. The molecule has 1 aromatic carbocycles. The van der Waals surface area contributed by atoms with E-state index < -0.39 is 6.10 Å². The molecule has 7 heteroatoms. The number of nitrogens with zero attached hydrogens (tertiary/aromatic N) is 3. The molecule has 0 aliphatic carbocycles. The molecule has 2 heterocycles. The van der Waals surface area contributed by atoms with Gasteiger partial charge in [-0.1, -0.05) is 17.3 Å². The maximum atomic E-state index is 10.5. The molecular formula is C12H12BrN3O2S. The number of aliphatic hydroxyl groups is 1. The second kappa shape index (κ2) is 5.15. The second-order valence-electron chi connectivity index (χ2n) is 4.25. The number of aryl methyl sites for hydroxylation is 1. The van der Waals surface area contributed by atoms with E-state index in [0.29, 0.717) is 16.0 Å². The fraction of sp³-hybridized carbons (Fsp3) is 0.333. The number of benzene rings is 1. The zero-order valence-corrected chi connectivity index (χ0v) is 12.6. The van der Waals surface area contributed by atoms with E-state index in [4.69, 9.17) is 4.74 Å². The molecule has 3 rings (SSSR count). The molecule has 1 N–H and O–H groups in total. The van der Waals surface area contributed by atoms with Gasteiger partial charge >= 0.3 is 0 Å². The lowest BCUT2D eigenvalue weighted by Gasteiger charge is -2.28. The lowest BCUT2D eigenvalue weighted by molar-refractivity contribution is 0.0398. The maximum absolute atomic E-state index is 10.5. The molecule has 0 saturated carbocycles. The van der Waals surface area contributed by atoms with Crippen LogP contribution in [-0.2, 0) is 7.05 Å². The Morgan fingerprint density at radius 1 is 1.53 bits per heavy atom. The van der Waals surface area contributed by atoms with Crippen molar-refractivity contribution in [1.82, 2.24) is 15.0 Å². The molecule has 1 aliphatic rings. The second-order valence-corrected chi connectivity index (χ2v) is 6.06. The van der Waals surface area contributed by atoms with Crippen LogP contribution in [0.5, 0.6) is 5.75 Å². The highest BCUT2D eigenvalue weighted by Crippen LogP contribution is 2.38. The minimum Gasteiger partial charge on any atom is -0.485 e. The van der Waals surface area contributed by atoms with Gasteiger partial charge in [0.1, 0.15) is 23.7 Å². The van der Waals surface area contributed by atoms with Crippen molar-refractivity contribution in [2.24, 2.45) is 7.05 Å². The van der Waals surface area contributed by atoms with E-state index in [1.165, 1.54) is 0 Å². The van der Waals surface area contributed by atoms with Crippen molar-refractivity contribution >= 4 is 27.7 Å². The Labute approximate surface area is 123 Å². The Hall–Kier alpha value is -1.05. The average Bonchev–Trinajstić information content (AvgIpc) is 2.77. The van der Waals surface area contributed by atoms with E-state index in [2.05, 4.69) is 26.2 Å². The number of para-hydroxylation sites is 1. The molecule has 0 radical (unpaired) electrons. The molecule has 1 aliphatic heterocycles. The van der Waals surface area contributed by atoms with Gasteiger partial charge in [0.15, 0.2) is 4.60 Å². The number of hydrogen-bond acceptors (Lipinski definition) is 5. The maximum Gasteiger partial charge on any atom is 0.154 e. The molecule has 100 valence electrons. The van der Waals surface area contributed by atoms with E-state index in [-0.39, 0.29) is 6.10 Å². The molecule has 2 aromatic rings. The van der Waals surface area contributed by atoms with Gasteiger partial charge in [-0.2, -0.15) is 0 Å². The van der Waals surface area contributed by atoms with Gasteiger partial charge in [-0.15, -0.1) is 16.9 Å². The highest BCUT2D eigenvalue weighted by molar-refractivity contribution is 9.10. The third-order valence-electron chi connectivity index (χ3n) is 2.99. The van der Waals surface area contributed by atoms with E-state index in [1.807, 2.05) is 24.3 Å². The van der Waals surface area contributed by atoms with Gasteiger partial charge in [0.05, 0.1) is 0 Å². The van der Waals surface area contributed by atoms with Crippen LogP contribution >= 0.6 is 27.7 Å². The number of aliphatic hydroxyl groups excluding tert-OH is 1. The molecule has 0 fully saturated rings. The zero-order valence-electron chi connectivity index (χ0n) is 10.2. The first-order chi connectivity index (χ1) is 9.16. The third kappa shape index (κ3) is 2.37. The van der Waals surface area contributed by atoms with Crippen LogP contribution in [0.3, 0.4) is 0 Å². The first-order valence-corrected chi connectivity index (χ1v) is 7.56. The monoisotopic (exact) mass is 341 g/mol. The van der Waals surface area contributed by atoms with Crippen molar-refractivity contribution in [2.75, 3.05) is 5.75 Å². The molecule has 0 saturated heterocycles. The smallest absolute Gasteiger partial charge is 0.154 e. The number of thioether (sulfide) groups is 1. The predicted molar refractivity (Wildman–Crippen MR) is 75.2 cm³/mol. The number of hydrogen-bond donors (Lipinski definition) is 1. The van der Waals surface area contributed by atoms with Crippen molar-refractivity contribution in [3.05, 3.63) is 34.6 Å². The van der Waals surface area contributed by atoms with Crippen molar-refractivity contribution in [1.29, 1.82) is 0 Å². The van der Waals surface area contributed by atoms with E-state index >= 15 is 0 Å². The Balaban J connectivity index is 1.85. The summed E-state index contributed by atoms with van der Waals surface area (Å²) >= 11 is 4.98. The SMILES string of the molecule is Cn1nnc(Br)c1C(O)C1CSc2ccccc2O1. The summed E-state index contributed by atoms with van der Waals surface area (Å²) < 4.78 is 7.98. The molecule has 5 nitrogen and oxygen atoms in total. The average molecular weight is 342 g/mol. The highest BCUT2D eigenvalue weighted by Gasteiger charge is 2.31. The summed E-state index contributed by atoms with van der Waals surface area (Å²) in [4.78, 5) is 1.10. The Kier molecular flexibility index (Phi) is 3.51. The number of fused-ring (bicyclic) bond motifs is 1. The van der Waals surface area contributed by atoms with E-state index in [9.17, 15) is 5.11 Å². The Morgan fingerprint density at radius 3 is 3.05 bits per heavy atom. The molecule has 1 aromatic heterocycles. The summed E-state index contributed by atoms with van der Waals surface area (Å²) in [6.07, 6.45) is -1.08. The summed E-state index contributed by atoms with van der Waals surface area (Å²) in [6, 6.07) is 7.84. The van der Waals surface area contributed by atoms with Crippen LogP contribution in [0.1, 0.15) is 11.8 Å². The van der Waals surface area contributed by atoms with Crippen LogP contribution in [0.4, 0.5) is 0 Å². The fourth-order valence-electron chi connectivity index (χ4n) is 2.02. The van der Waals surface area contributed by atoms with Crippen LogP contribution in [0.25, 0.3) is 0 Å². The van der Waals surface area contributed by atoms with Crippen LogP contribution in [-0.4, -0.2) is 32.0 Å². The predicted octanol–water partition coefficient (Wildman–Crippen LogP) is 2.16. The topological polar surface area (TPSA) is 60.2 Å². The summed E-state index contributed by atoms with van der Waals surface area (Å²) in [5.41, 5.74) is 0.630. The summed E-state index contributed by atoms with van der Waals surface area (Å²) in [5, 5.41) is 18.2. The van der Waals surface area contributed by atoms with Gasteiger partial charge in [0.25, 0.3) is 0 Å². The summed E-state index contributed by atoms with van der Waals surface area (Å²) in [5.74, 6) is 1.50. The largest absolute Gasteiger partial charge is 0.485 e. The van der Waals surface area contributed by atoms with Crippen molar-refractivity contribution in [3.63, 3.8) is 0 Å². The summed E-state index contributed by atoms with van der Waals surface area (Å²) in [7, 11) is 1.75. The van der Waals surface area contributed by atoms with Gasteiger partial charge in [0, 0.05) is 17.7 Å². The van der Waals surface area contributed by atoms with Gasteiger partial charge in [-0.3, -0.25) is 0 Å². The highest BCUT2D eigenvalue weighted by atomic mass is 79.9. The minimum atomic E-state index is -0.768. The number of aromatic nitrogens is 3. The van der Waals surface area contributed by atoms with Crippen LogP contribution in [0, 0.1) is 0 Å². The van der Waals surface area contributed by atoms with Gasteiger partial charge < -0.3 is 9.84 Å². The lowest BCUT2D eigenvalue weighted by Crippen LogP contribution is -2.31. The molecule has 19 heavy (non-hydrogen) atoms. The van der Waals surface area contributed by atoms with Crippen molar-refractivity contribution in [2.45, 2.75) is 17.1 Å². The number of halogens is 1. The van der Waals surface area contributed by atoms with Crippen LogP contribution in [0.15, 0.2) is 33.8 Å². The first-order valence-electron chi connectivity index (χ1n) is 5.78. The normalized spacial score (nSPS) is 19.6. The lowest BCUT2D eigenvalue weighted by atomic mass is 10.1. The quantitative estimate of drug-likeness (QED) is 0.906. The zero-order chi connectivity index (χ0) is 13.4. The number of ether oxygens (including phenoxy) is 1. The van der Waals surface area contributed by atoms with Gasteiger partial charge in [-0.05, 0) is 28.1 Å². The van der Waals surface area contributed by atoms with E-state index in [0.717, 1.165) is 10.6 Å². The van der Waals surface area contributed by atoms with Crippen LogP contribution in [0.2, 0.25) is 0 Å². The fourth-order valence-corrected chi connectivity index (χ4v) is 3.61. The minimum absolute atomic E-state index is 0.312. The molecule has 0 spiro atoms. The molecule has 0 bridgehead atoms. The Morgan fingerprint density at radius 2 is 2.32 bits per heavy atom. The van der Waals surface area contributed by atoms with Crippen LogP contribution < -0.4 is 4.74 Å². The Bertz CT molecular complexity index is 585. The van der Waals surface area contributed by atoms with E-state index in [1.54, 1.807) is 23.5 Å². The standard InChI is InChI=1S/C12H12BrN3O2S/c1-16-10(12(13)14-15-16)11(17)8-6-19-9-5-3-2-4-7(9)18-8/h2-5,8,11,17H,6H2,1H3. The van der Waals surface area contributed by atoms with Gasteiger partial charge in [0.2, 0.25) is 0 Å². The van der Waals surface area contributed by atoms with Gasteiger partial charge in [-0.25, -0.2) is 4.68 Å². The first kappa shape index (κ1) is 13.0. The number of rotatable bonds is 2. The molecule has 2 unspecified atom stereocenters. The molecule has 2 atom stereocenters. The molecule has 0 amide bonds. The molecular weight excluding hydrogens is 330 g/mol. The summed E-state index contributed by atoms with van der Waals surface area (Å²) in [6.45, 7) is 0. The van der Waals surface area contributed by atoms with Crippen molar-refractivity contribution in [3.8, 4) is 5.75 Å². The van der Waals surface area contributed by atoms with Crippen molar-refractivity contribution < 1.29 is 9.84 Å².